The van der Waals surface area contributed by atoms with Crippen molar-refractivity contribution in [2.24, 2.45) is 11.3 Å². The van der Waals surface area contributed by atoms with E-state index in [4.69, 9.17) is 4.74 Å². The highest BCUT2D eigenvalue weighted by molar-refractivity contribution is 5.79. The molecule has 2 amide bonds. The number of para-hydroxylation sites is 2. The summed E-state index contributed by atoms with van der Waals surface area (Å²) in [4.78, 5) is 28.9. The first-order valence-corrected chi connectivity index (χ1v) is 10.0. The summed E-state index contributed by atoms with van der Waals surface area (Å²) in [6.07, 6.45) is 6.00. The molecule has 4 rings (SSSR count). The second-order valence-electron chi connectivity index (χ2n) is 8.39. The van der Waals surface area contributed by atoms with Gasteiger partial charge in [0.25, 0.3) is 5.91 Å². The molecular formula is C21H28N2O4. The van der Waals surface area contributed by atoms with Gasteiger partial charge in [-0.05, 0) is 50.2 Å². The third-order valence-corrected chi connectivity index (χ3v) is 6.15. The Hall–Kier alpha value is -2.24. The third-order valence-electron chi connectivity index (χ3n) is 6.15. The molecule has 0 unspecified atom stereocenters. The van der Waals surface area contributed by atoms with Crippen LogP contribution in [0.5, 0.6) is 11.5 Å². The van der Waals surface area contributed by atoms with Crippen LogP contribution >= 0.6 is 0 Å². The van der Waals surface area contributed by atoms with E-state index < -0.39 is 0 Å². The van der Waals surface area contributed by atoms with E-state index in [2.05, 4.69) is 0 Å². The first kappa shape index (κ1) is 18.1. The highest BCUT2D eigenvalue weighted by Crippen LogP contribution is 2.40. The Kier molecular flexibility index (Phi) is 4.98. The standard InChI is InChI=1S/C21H28N2O4/c24-17-4-1-2-5-18(17)27-13-20(26)22-11-3-9-21(14-22)10-8-19(25)23(15-21)12-16-6-7-16/h1-2,4-5,16,24H,3,6-15H2/t21-/m0/s1. The van der Waals surface area contributed by atoms with Crippen molar-refractivity contribution in [3.05, 3.63) is 24.3 Å². The number of ether oxygens (including phenoxy) is 1. The minimum atomic E-state index is -0.0711. The highest BCUT2D eigenvalue weighted by Gasteiger charge is 2.43. The third kappa shape index (κ3) is 4.20. The molecule has 1 aliphatic carbocycles. The molecule has 6 heteroatoms. The maximum atomic E-state index is 12.7. The Morgan fingerprint density at radius 2 is 2.04 bits per heavy atom. The Bertz CT molecular complexity index is 718. The number of amides is 2. The number of carbonyl (C=O) groups is 2. The summed E-state index contributed by atoms with van der Waals surface area (Å²) >= 11 is 0. The summed E-state index contributed by atoms with van der Waals surface area (Å²) in [5, 5.41) is 9.78. The molecule has 1 N–H and O–H groups in total. The van der Waals surface area contributed by atoms with Crippen molar-refractivity contribution >= 4 is 11.8 Å². The van der Waals surface area contributed by atoms with E-state index >= 15 is 0 Å². The number of hydrogen-bond donors (Lipinski definition) is 1. The zero-order valence-corrected chi connectivity index (χ0v) is 15.7. The van der Waals surface area contributed by atoms with Gasteiger partial charge >= 0.3 is 0 Å². The fourth-order valence-corrected chi connectivity index (χ4v) is 4.44. The molecule has 1 atom stereocenters. The molecule has 1 aromatic carbocycles. The molecular weight excluding hydrogens is 344 g/mol. The van der Waals surface area contributed by atoms with Gasteiger partial charge in [-0.2, -0.15) is 0 Å². The van der Waals surface area contributed by atoms with Crippen LogP contribution < -0.4 is 4.74 Å². The van der Waals surface area contributed by atoms with E-state index in [1.807, 2.05) is 9.80 Å². The van der Waals surface area contributed by atoms with Gasteiger partial charge in [0.2, 0.25) is 5.91 Å². The van der Waals surface area contributed by atoms with Crippen LogP contribution in [0, 0.1) is 11.3 Å². The molecule has 1 saturated carbocycles. The molecule has 3 fully saturated rings. The smallest absolute Gasteiger partial charge is 0.260 e. The largest absolute Gasteiger partial charge is 0.504 e. The molecule has 0 radical (unpaired) electrons. The SMILES string of the molecule is O=C(COc1ccccc1O)N1CCC[C@]2(CCC(=O)N(CC3CC3)C2)C1. The lowest BCUT2D eigenvalue weighted by Crippen LogP contribution is -2.55. The van der Waals surface area contributed by atoms with Crippen molar-refractivity contribution in [2.45, 2.75) is 38.5 Å². The van der Waals surface area contributed by atoms with E-state index in [9.17, 15) is 14.7 Å². The number of aromatic hydroxyl groups is 1. The summed E-state index contributed by atoms with van der Waals surface area (Å²) in [6.45, 7) is 3.04. The van der Waals surface area contributed by atoms with Gasteiger partial charge in [0.15, 0.2) is 18.1 Å². The van der Waals surface area contributed by atoms with Gasteiger partial charge in [-0.25, -0.2) is 0 Å². The van der Waals surface area contributed by atoms with Crippen LogP contribution in [0.15, 0.2) is 24.3 Å². The number of phenols is 1. The molecule has 3 aliphatic rings. The average Bonchev–Trinajstić information content (AvgIpc) is 3.48. The maximum Gasteiger partial charge on any atom is 0.260 e. The fourth-order valence-electron chi connectivity index (χ4n) is 4.44. The number of benzene rings is 1. The minimum Gasteiger partial charge on any atom is -0.504 e. The van der Waals surface area contributed by atoms with Gasteiger partial charge < -0.3 is 19.6 Å². The van der Waals surface area contributed by atoms with E-state index in [0.717, 1.165) is 38.9 Å². The van der Waals surface area contributed by atoms with Crippen molar-refractivity contribution in [3.8, 4) is 11.5 Å². The van der Waals surface area contributed by atoms with Crippen LogP contribution in [0.25, 0.3) is 0 Å². The Morgan fingerprint density at radius 3 is 2.81 bits per heavy atom. The van der Waals surface area contributed by atoms with Crippen LogP contribution in [0.4, 0.5) is 0 Å². The molecule has 27 heavy (non-hydrogen) atoms. The lowest BCUT2D eigenvalue weighted by molar-refractivity contribution is -0.144. The summed E-state index contributed by atoms with van der Waals surface area (Å²) in [7, 11) is 0. The number of phenolic OH excluding ortho intramolecular Hbond substituents is 1. The van der Waals surface area contributed by atoms with E-state index in [1.165, 1.54) is 12.8 Å². The second-order valence-corrected chi connectivity index (χ2v) is 8.39. The van der Waals surface area contributed by atoms with E-state index in [0.29, 0.717) is 24.6 Å². The van der Waals surface area contributed by atoms with Crippen LogP contribution in [-0.2, 0) is 9.59 Å². The molecule has 2 heterocycles. The first-order chi connectivity index (χ1) is 13.0. The summed E-state index contributed by atoms with van der Waals surface area (Å²) in [5.41, 5.74) is 0.0333. The van der Waals surface area contributed by atoms with Gasteiger partial charge in [-0.1, -0.05) is 12.1 Å². The summed E-state index contributed by atoms with van der Waals surface area (Å²) < 4.78 is 5.52. The Labute approximate surface area is 160 Å². The highest BCUT2D eigenvalue weighted by atomic mass is 16.5. The van der Waals surface area contributed by atoms with Crippen molar-refractivity contribution in [1.29, 1.82) is 0 Å². The normalized spacial score (nSPS) is 25.7. The van der Waals surface area contributed by atoms with Crippen molar-refractivity contribution in [3.63, 3.8) is 0 Å². The van der Waals surface area contributed by atoms with Crippen LogP contribution in [-0.4, -0.2) is 59.5 Å². The number of hydrogen-bond acceptors (Lipinski definition) is 4. The minimum absolute atomic E-state index is 0.0333. The molecule has 0 bridgehead atoms. The first-order valence-electron chi connectivity index (χ1n) is 10.0. The zero-order valence-electron chi connectivity index (χ0n) is 15.7. The topological polar surface area (TPSA) is 70.1 Å². The monoisotopic (exact) mass is 372 g/mol. The van der Waals surface area contributed by atoms with E-state index in [-0.39, 0.29) is 29.6 Å². The van der Waals surface area contributed by atoms with Gasteiger partial charge in [0.05, 0.1) is 0 Å². The Morgan fingerprint density at radius 1 is 1.22 bits per heavy atom. The molecule has 2 saturated heterocycles. The molecule has 1 aromatic rings. The van der Waals surface area contributed by atoms with Crippen molar-refractivity contribution in [2.75, 3.05) is 32.8 Å². The lowest BCUT2D eigenvalue weighted by Gasteiger charge is -2.48. The van der Waals surface area contributed by atoms with Crippen molar-refractivity contribution < 1.29 is 19.4 Å². The summed E-state index contributed by atoms with van der Waals surface area (Å²) in [6, 6.07) is 6.69. The van der Waals surface area contributed by atoms with Gasteiger partial charge in [-0.3, -0.25) is 9.59 Å². The predicted octanol–water partition coefficient (Wildman–Crippen LogP) is 2.41. The lowest BCUT2D eigenvalue weighted by atomic mass is 9.73. The Balaban J connectivity index is 1.36. The average molecular weight is 372 g/mol. The number of likely N-dealkylation sites (tertiary alicyclic amines) is 2. The molecule has 6 nitrogen and oxygen atoms in total. The van der Waals surface area contributed by atoms with Gasteiger partial charge in [-0.15, -0.1) is 0 Å². The number of rotatable bonds is 5. The summed E-state index contributed by atoms with van der Waals surface area (Å²) in [5.74, 6) is 1.29. The number of carbonyl (C=O) groups excluding carboxylic acids is 2. The molecule has 146 valence electrons. The molecule has 2 aliphatic heterocycles. The van der Waals surface area contributed by atoms with E-state index in [1.54, 1.807) is 24.3 Å². The molecule has 1 spiro atoms. The quantitative estimate of drug-likeness (QED) is 0.862. The number of piperidine rings is 2. The maximum absolute atomic E-state index is 12.7. The zero-order chi connectivity index (χ0) is 18.9. The van der Waals surface area contributed by atoms with Gasteiger partial charge in [0.1, 0.15) is 0 Å². The predicted molar refractivity (Wildman–Crippen MR) is 100 cm³/mol. The van der Waals surface area contributed by atoms with Gasteiger partial charge in [0, 0.05) is 38.0 Å². The van der Waals surface area contributed by atoms with Crippen LogP contribution in [0.3, 0.4) is 0 Å². The fraction of sp³-hybridized carbons (Fsp3) is 0.619. The van der Waals surface area contributed by atoms with Crippen LogP contribution in [0.1, 0.15) is 38.5 Å². The second kappa shape index (κ2) is 7.41. The molecule has 0 aromatic heterocycles. The number of nitrogens with zero attached hydrogens (tertiary/aromatic N) is 2. The van der Waals surface area contributed by atoms with Crippen LogP contribution in [0.2, 0.25) is 0 Å². The van der Waals surface area contributed by atoms with Crippen molar-refractivity contribution in [1.82, 2.24) is 9.80 Å².